The maximum absolute atomic E-state index is 12.6. The average Bonchev–Trinajstić information content (AvgIpc) is 2.38. The molecular formula is C15H21F2N. The molecule has 0 amide bonds. The van der Waals surface area contributed by atoms with Gasteiger partial charge in [-0.15, -0.1) is 0 Å². The fourth-order valence-corrected chi connectivity index (χ4v) is 2.71. The molecule has 0 bridgehead atoms. The van der Waals surface area contributed by atoms with Crippen LogP contribution in [0.2, 0.25) is 0 Å². The van der Waals surface area contributed by atoms with Crippen LogP contribution >= 0.6 is 0 Å². The Morgan fingerprint density at radius 1 is 1.28 bits per heavy atom. The summed E-state index contributed by atoms with van der Waals surface area (Å²) in [6.07, 6.45) is 2.70. The molecule has 3 heteroatoms. The highest BCUT2D eigenvalue weighted by Crippen LogP contribution is 2.24. The molecule has 1 N–H and O–H groups in total. The maximum atomic E-state index is 12.6. The molecule has 0 radical (unpaired) electrons. The largest absolute Gasteiger partial charge is 0.310 e. The Balaban J connectivity index is 1.91. The Morgan fingerprint density at radius 3 is 2.78 bits per heavy atom. The highest BCUT2D eigenvalue weighted by atomic mass is 19.3. The van der Waals surface area contributed by atoms with Crippen LogP contribution in [0.5, 0.6) is 0 Å². The molecule has 2 atom stereocenters. The van der Waals surface area contributed by atoms with E-state index in [1.165, 1.54) is 31.7 Å². The fraction of sp³-hybridized carbons (Fsp3) is 0.600. The van der Waals surface area contributed by atoms with Gasteiger partial charge in [0.2, 0.25) is 0 Å². The monoisotopic (exact) mass is 253 g/mol. The molecule has 1 aromatic carbocycles. The molecular weight excluding hydrogens is 232 g/mol. The SMILES string of the molecule is CC1CCCCC1NCc1cccc(C(F)F)c1. The quantitative estimate of drug-likeness (QED) is 0.844. The van der Waals surface area contributed by atoms with E-state index in [1.54, 1.807) is 12.1 Å². The predicted molar refractivity (Wildman–Crippen MR) is 69.7 cm³/mol. The molecule has 0 aliphatic heterocycles. The summed E-state index contributed by atoms with van der Waals surface area (Å²) in [5, 5.41) is 3.51. The lowest BCUT2D eigenvalue weighted by molar-refractivity contribution is 0.151. The average molecular weight is 253 g/mol. The van der Waals surface area contributed by atoms with E-state index < -0.39 is 6.43 Å². The summed E-state index contributed by atoms with van der Waals surface area (Å²) >= 11 is 0. The molecule has 1 nitrogen and oxygen atoms in total. The van der Waals surface area contributed by atoms with Gasteiger partial charge in [-0.25, -0.2) is 8.78 Å². The van der Waals surface area contributed by atoms with Crippen LogP contribution in [0.4, 0.5) is 8.78 Å². The van der Waals surface area contributed by atoms with E-state index in [0.717, 1.165) is 5.56 Å². The standard InChI is InChI=1S/C15H21F2N/c1-11-5-2-3-8-14(11)18-10-12-6-4-7-13(9-12)15(16)17/h4,6-7,9,11,14-15,18H,2-3,5,8,10H2,1H3. The topological polar surface area (TPSA) is 12.0 Å². The van der Waals surface area contributed by atoms with Gasteiger partial charge in [-0.2, -0.15) is 0 Å². The van der Waals surface area contributed by atoms with Gasteiger partial charge in [-0.3, -0.25) is 0 Å². The molecule has 100 valence electrons. The summed E-state index contributed by atoms with van der Waals surface area (Å²) in [4.78, 5) is 0. The number of rotatable bonds is 4. The van der Waals surface area contributed by atoms with Crippen LogP contribution in [0.3, 0.4) is 0 Å². The minimum atomic E-state index is -2.38. The second-order valence-corrected chi connectivity index (χ2v) is 5.29. The second kappa shape index (κ2) is 6.28. The molecule has 1 aliphatic rings. The molecule has 0 saturated heterocycles. The molecule has 1 saturated carbocycles. The molecule has 0 heterocycles. The van der Waals surface area contributed by atoms with Crippen molar-refractivity contribution >= 4 is 0 Å². The van der Waals surface area contributed by atoms with Gasteiger partial charge in [0.15, 0.2) is 0 Å². The molecule has 0 spiro atoms. The Hall–Kier alpha value is -0.960. The lowest BCUT2D eigenvalue weighted by Crippen LogP contribution is -2.36. The summed E-state index contributed by atoms with van der Waals surface area (Å²) in [6.45, 7) is 2.96. The van der Waals surface area contributed by atoms with Gasteiger partial charge in [0.25, 0.3) is 6.43 Å². The molecule has 18 heavy (non-hydrogen) atoms. The van der Waals surface area contributed by atoms with Crippen molar-refractivity contribution in [1.29, 1.82) is 0 Å². The van der Waals surface area contributed by atoms with Crippen LogP contribution in [0.25, 0.3) is 0 Å². The third-order valence-electron chi connectivity index (χ3n) is 3.88. The summed E-state index contributed by atoms with van der Waals surface area (Å²) in [5.41, 5.74) is 1.07. The fourth-order valence-electron chi connectivity index (χ4n) is 2.71. The zero-order chi connectivity index (χ0) is 13.0. The van der Waals surface area contributed by atoms with Gasteiger partial charge >= 0.3 is 0 Å². The zero-order valence-electron chi connectivity index (χ0n) is 10.8. The Morgan fingerprint density at radius 2 is 2.06 bits per heavy atom. The molecule has 2 rings (SSSR count). The van der Waals surface area contributed by atoms with E-state index in [9.17, 15) is 8.78 Å². The Bertz CT molecular complexity index is 379. The van der Waals surface area contributed by atoms with Gasteiger partial charge in [0.1, 0.15) is 0 Å². The van der Waals surface area contributed by atoms with Crippen molar-refractivity contribution in [2.24, 2.45) is 5.92 Å². The lowest BCUT2D eigenvalue weighted by atomic mass is 9.86. The molecule has 2 unspecified atom stereocenters. The first-order valence-corrected chi connectivity index (χ1v) is 6.77. The first kappa shape index (κ1) is 13.5. The van der Waals surface area contributed by atoms with Gasteiger partial charge in [-0.05, 0) is 30.4 Å². The number of nitrogens with one attached hydrogen (secondary N) is 1. The number of benzene rings is 1. The van der Waals surface area contributed by atoms with Gasteiger partial charge < -0.3 is 5.32 Å². The van der Waals surface area contributed by atoms with E-state index >= 15 is 0 Å². The molecule has 1 aliphatic carbocycles. The first-order chi connectivity index (χ1) is 8.66. The van der Waals surface area contributed by atoms with E-state index in [1.807, 2.05) is 6.07 Å². The first-order valence-electron chi connectivity index (χ1n) is 6.77. The maximum Gasteiger partial charge on any atom is 0.263 e. The number of halogens is 2. The van der Waals surface area contributed by atoms with Gasteiger partial charge in [0.05, 0.1) is 0 Å². The van der Waals surface area contributed by atoms with Crippen LogP contribution in [0.1, 0.15) is 50.2 Å². The van der Waals surface area contributed by atoms with Crippen LogP contribution in [-0.2, 0) is 6.54 Å². The Labute approximate surface area is 108 Å². The normalized spacial score (nSPS) is 24.4. The summed E-state index contributed by atoms with van der Waals surface area (Å²) in [6, 6.07) is 7.24. The third-order valence-corrected chi connectivity index (χ3v) is 3.88. The van der Waals surface area contributed by atoms with Gasteiger partial charge in [0, 0.05) is 18.2 Å². The highest BCUT2D eigenvalue weighted by molar-refractivity contribution is 5.24. The van der Waals surface area contributed by atoms with Crippen molar-refractivity contribution in [1.82, 2.24) is 5.32 Å². The Kier molecular flexibility index (Phi) is 4.70. The van der Waals surface area contributed by atoms with E-state index in [2.05, 4.69) is 12.2 Å². The summed E-state index contributed by atoms with van der Waals surface area (Å²) in [7, 11) is 0. The van der Waals surface area contributed by atoms with Crippen LogP contribution in [-0.4, -0.2) is 6.04 Å². The minimum absolute atomic E-state index is 0.117. The van der Waals surface area contributed by atoms with Crippen molar-refractivity contribution in [2.75, 3.05) is 0 Å². The van der Waals surface area contributed by atoms with Crippen molar-refractivity contribution in [2.45, 2.75) is 51.6 Å². The van der Waals surface area contributed by atoms with E-state index in [4.69, 9.17) is 0 Å². The second-order valence-electron chi connectivity index (χ2n) is 5.29. The zero-order valence-corrected chi connectivity index (χ0v) is 10.8. The minimum Gasteiger partial charge on any atom is -0.310 e. The molecule has 0 aromatic heterocycles. The summed E-state index contributed by atoms with van der Waals surface area (Å²) < 4.78 is 25.2. The predicted octanol–water partition coefficient (Wildman–Crippen LogP) is 4.29. The number of hydrogen-bond acceptors (Lipinski definition) is 1. The lowest BCUT2D eigenvalue weighted by Gasteiger charge is -2.29. The van der Waals surface area contributed by atoms with Crippen LogP contribution in [0.15, 0.2) is 24.3 Å². The third kappa shape index (κ3) is 3.52. The number of hydrogen-bond donors (Lipinski definition) is 1. The van der Waals surface area contributed by atoms with E-state index in [-0.39, 0.29) is 5.56 Å². The van der Waals surface area contributed by atoms with Crippen molar-refractivity contribution in [3.05, 3.63) is 35.4 Å². The van der Waals surface area contributed by atoms with Crippen molar-refractivity contribution in [3.8, 4) is 0 Å². The van der Waals surface area contributed by atoms with Gasteiger partial charge in [-0.1, -0.05) is 38.0 Å². The molecule has 1 aromatic rings. The van der Waals surface area contributed by atoms with Crippen molar-refractivity contribution in [3.63, 3.8) is 0 Å². The van der Waals surface area contributed by atoms with Crippen LogP contribution < -0.4 is 5.32 Å². The number of alkyl halides is 2. The van der Waals surface area contributed by atoms with Crippen molar-refractivity contribution < 1.29 is 8.78 Å². The smallest absolute Gasteiger partial charge is 0.263 e. The van der Waals surface area contributed by atoms with Crippen LogP contribution in [0, 0.1) is 5.92 Å². The molecule has 1 fully saturated rings. The summed E-state index contributed by atoms with van der Waals surface area (Å²) in [5.74, 6) is 0.692. The van der Waals surface area contributed by atoms with E-state index in [0.29, 0.717) is 18.5 Å². The highest BCUT2D eigenvalue weighted by Gasteiger charge is 2.20.